The van der Waals surface area contributed by atoms with Crippen molar-refractivity contribution in [3.63, 3.8) is 0 Å². The van der Waals surface area contributed by atoms with Gasteiger partial charge in [-0.15, -0.1) is 0 Å². The monoisotopic (exact) mass is 509 g/mol. The van der Waals surface area contributed by atoms with Gasteiger partial charge in [-0.2, -0.15) is 0 Å². The molecule has 4 rings (SSSR count). The van der Waals surface area contributed by atoms with Gasteiger partial charge in [0.25, 0.3) is 0 Å². The molecular weight excluding hydrogens is 481 g/mol. The number of aromatic nitrogens is 2. The largest absolute Gasteiger partial charge is 0.485 e. The van der Waals surface area contributed by atoms with E-state index in [9.17, 15) is 12.8 Å². The lowest BCUT2D eigenvalue weighted by atomic mass is 10.1. The Balaban J connectivity index is 1.44. The van der Waals surface area contributed by atoms with Crippen molar-refractivity contribution in [3.05, 3.63) is 102 Å². The van der Waals surface area contributed by atoms with Gasteiger partial charge in [-0.1, -0.05) is 43.3 Å². The first-order valence-electron chi connectivity index (χ1n) is 11.7. The molecule has 0 unspecified atom stereocenters. The van der Waals surface area contributed by atoms with Gasteiger partial charge in [0.1, 0.15) is 12.4 Å². The van der Waals surface area contributed by atoms with Crippen LogP contribution in [-0.4, -0.2) is 24.9 Å². The normalized spacial score (nSPS) is 11.4. The molecule has 9 heteroatoms. The van der Waals surface area contributed by atoms with E-state index in [1.54, 1.807) is 18.5 Å². The zero-order valence-electron chi connectivity index (χ0n) is 19.9. The number of hydrogen-bond donors (Lipinski definition) is 2. The third-order valence-electron chi connectivity index (χ3n) is 5.52. The molecule has 2 N–H and O–H groups in total. The average molecular weight is 510 g/mol. The summed E-state index contributed by atoms with van der Waals surface area (Å²) in [5, 5.41) is 0. The second-order valence-electron chi connectivity index (χ2n) is 8.14. The molecule has 4 aromatic rings. The highest BCUT2D eigenvalue weighted by atomic mass is 32.2. The van der Waals surface area contributed by atoms with Crippen LogP contribution >= 0.6 is 0 Å². The zero-order valence-corrected chi connectivity index (χ0v) is 20.7. The van der Waals surface area contributed by atoms with Gasteiger partial charge in [0.15, 0.2) is 23.1 Å². The Kier molecular flexibility index (Phi) is 8.35. The second-order valence-corrected chi connectivity index (χ2v) is 9.91. The van der Waals surface area contributed by atoms with Gasteiger partial charge in [0, 0.05) is 25.4 Å². The van der Waals surface area contributed by atoms with Crippen molar-refractivity contribution in [1.29, 1.82) is 0 Å². The lowest BCUT2D eigenvalue weighted by Crippen LogP contribution is -2.25. The number of nitrogens with one attached hydrogen (secondary N) is 2. The minimum absolute atomic E-state index is 0.0967. The molecule has 0 amide bonds. The van der Waals surface area contributed by atoms with Gasteiger partial charge in [0.2, 0.25) is 10.0 Å². The van der Waals surface area contributed by atoms with E-state index in [-0.39, 0.29) is 17.2 Å². The number of sulfonamides is 1. The van der Waals surface area contributed by atoms with Gasteiger partial charge in [-0.3, -0.25) is 0 Å². The Labute approximate surface area is 210 Å². The number of ether oxygens (including phenoxy) is 2. The molecule has 0 saturated heterocycles. The maximum Gasteiger partial charge on any atom is 0.240 e. The Hall–Kier alpha value is -3.69. The van der Waals surface area contributed by atoms with Crippen LogP contribution in [0.25, 0.3) is 0 Å². The highest BCUT2D eigenvalue weighted by Gasteiger charge is 2.18. The summed E-state index contributed by atoms with van der Waals surface area (Å²) in [4.78, 5) is 6.89. The maximum atomic E-state index is 14.9. The second kappa shape index (κ2) is 11.8. The van der Waals surface area contributed by atoms with Crippen molar-refractivity contribution < 1.29 is 22.3 Å². The van der Waals surface area contributed by atoms with Crippen LogP contribution in [0, 0.1) is 5.82 Å². The molecule has 7 nitrogen and oxygen atoms in total. The van der Waals surface area contributed by atoms with Gasteiger partial charge < -0.3 is 14.5 Å². The molecule has 0 atom stereocenters. The third kappa shape index (κ3) is 6.71. The van der Waals surface area contributed by atoms with Crippen molar-refractivity contribution in [2.24, 2.45) is 0 Å². The molecule has 0 aliphatic heterocycles. The summed E-state index contributed by atoms with van der Waals surface area (Å²) in [6.07, 6.45) is 5.31. The molecule has 188 valence electrons. The fourth-order valence-electron chi connectivity index (χ4n) is 3.54. The fourth-order valence-corrected chi connectivity index (χ4v) is 4.62. The highest BCUT2D eigenvalue weighted by Crippen LogP contribution is 2.35. The summed E-state index contributed by atoms with van der Waals surface area (Å²) < 4.78 is 54.4. The smallest absolute Gasteiger partial charge is 0.240 e. The van der Waals surface area contributed by atoms with E-state index in [4.69, 9.17) is 9.47 Å². The summed E-state index contributed by atoms with van der Waals surface area (Å²) in [5.74, 6) is 0.713. The molecule has 1 aromatic heterocycles. The number of rotatable bonds is 12. The van der Waals surface area contributed by atoms with E-state index >= 15 is 0 Å². The lowest BCUT2D eigenvalue weighted by Gasteiger charge is -2.15. The first-order chi connectivity index (χ1) is 17.4. The molecule has 0 bridgehead atoms. The van der Waals surface area contributed by atoms with E-state index < -0.39 is 15.8 Å². The first-order valence-corrected chi connectivity index (χ1v) is 13.2. The van der Waals surface area contributed by atoms with Crippen molar-refractivity contribution in [2.45, 2.75) is 37.7 Å². The SMILES string of the molecule is CCc1ccc(Oc2ccc(S(=O)(=O)NCCCc3ncc[nH]3)cc2F)c(OCc2ccccc2)c1. The fraction of sp³-hybridized carbons (Fsp3) is 0.222. The van der Waals surface area contributed by atoms with Gasteiger partial charge in [0.05, 0.1) is 4.90 Å². The van der Waals surface area contributed by atoms with Crippen molar-refractivity contribution in [2.75, 3.05) is 6.54 Å². The van der Waals surface area contributed by atoms with E-state index in [2.05, 4.69) is 14.7 Å². The Morgan fingerprint density at radius 1 is 0.972 bits per heavy atom. The molecule has 0 aliphatic rings. The summed E-state index contributed by atoms with van der Waals surface area (Å²) in [6, 6.07) is 18.7. The molecule has 0 aliphatic carbocycles. The summed E-state index contributed by atoms with van der Waals surface area (Å²) in [7, 11) is -3.87. The van der Waals surface area contributed by atoms with E-state index in [0.29, 0.717) is 30.9 Å². The van der Waals surface area contributed by atoms with Crippen LogP contribution in [0.15, 0.2) is 84.0 Å². The predicted molar refractivity (Wildman–Crippen MR) is 135 cm³/mol. The lowest BCUT2D eigenvalue weighted by molar-refractivity contribution is 0.289. The number of aryl methyl sites for hydroxylation is 2. The van der Waals surface area contributed by atoms with Crippen LogP contribution in [0.5, 0.6) is 17.2 Å². The molecule has 36 heavy (non-hydrogen) atoms. The standard InChI is InChI=1S/C27H28FN3O4S/c1-2-20-10-12-25(26(17-20)34-19-21-7-4-3-5-8-21)35-24-13-11-22(18-23(24)28)36(32,33)31-14-6-9-27-29-15-16-30-27/h3-5,7-8,10-13,15-18,31H,2,6,9,14,19H2,1H3,(H,29,30). The molecule has 0 radical (unpaired) electrons. The average Bonchev–Trinajstić information content (AvgIpc) is 3.41. The summed E-state index contributed by atoms with van der Waals surface area (Å²) in [6.45, 7) is 2.56. The summed E-state index contributed by atoms with van der Waals surface area (Å²) >= 11 is 0. The maximum absolute atomic E-state index is 14.9. The van der Waals surface area contributed by atoms with Crippen LogP contribution in [0.3, 0.4) is 0 Å². The van der Waals surface area contributed by atoms with Crippen LogP contribution in [0.2, 0.25) is 0 Å². The number of benzene rings is 3. The quantitative estimate of drug-likeness (QED) is 0.250. The Morgan fingerprint density at radius 2 is 1.78 bits per heavy atom. The number of nitrogens with zero attached hydrogens (tertiary/aromatic N) is 1. The first kappa shape index (κ1) is 25.4. The molecule has 1 heterocycles. The molecule has 3 aromatic carbocycles. The molecule has 0 fully saturated rings. The van der Waals surface area contributed by atoms with E-state index in [1.165, 1.54) is 12.1 Å². The predicted octanol–water partition coefficient (Wildman–Crippen LogP) is 5.39. The minimum Gasteiger partial charge on any atom is -0.485 e. The van der Waals surface area contributed by atoms with Crippen LogP contribution < -0.4 is 14.2 Å². The van der Waals surface area contributed by atoms with Gasteiger partial charge >= 0.3 is 0 Å². The molecule has 0 saturated carbocycles. The van der Waals surface area contributed by atoms with Crippen molar-refractivity contribution in [1.82, 2.24) is 14.7 Å². The van der Waals surface area contributed by atoms with Crippen LogP contribution in [0.1, 0.15) is 30.3 Å². The highest BCUT2D eigenvalue weighted by molar-refractivity contribution is 7.89. The van der Waals surface area contributed by atoms with E-state index in [0.717, 1.165) is 29.4 Å². The number of H-pyrrole nitrogens is 1. The number of imidazole rings is 1. The topological polar surface area (TPSA) is 93.3 Å². The Morgan fingerprint density at radius 3 is 2.50 bits per heavy atom. The zero-order chi connectivity index (χ0) is 25.4. The third-order valence-corrected chi connectivity index (χ3v) is 6.98. The van der Waals surface area contributed by atoms with Crippen molar-refractivity contribution in [3.8, 4) is 17.2 Å². The van der Waals surface area contributed by atoms with Gasteiger partial charge in [-0.05, 0) is 54.3 Å². The summed E-state index contributed by atoms with van der Waals surface area (Å²) in [5.41, 5.74) is 2.04. The molecular formula is C27H28FN3O4S. The minimum atomic E-state index is -3.87. The number of hydrogen-bond acceptors (Lipinski definition) is 5. The van der Waals surface area contributed by atoms with Crippen molar-refractivity contribution >= 4 is 10.0 Å². The van der Waals surface area contributed by atoms with Gasteiger partial charge in [-0.25, -0.2) is 22.5 Å². The molecule has 0 spiro atoms. The number of aromatic amines is 1. The number of halogens is 1. The van der Waals surface area contributed by atoms with E-state index in [1.807, 2.05) is 49.4 Å². The van der Waals surface area contributed by atoms with Crippen LogP contribution in [0.4, 0.5) is 4.39 Å². The Bertz CT molecular complexity index is 1380. The van der Waals surface area contributed by atoms with Crippen LogP contribution in [-0.2, 0) is 29.5 Å².